The molecule has 0 radical (unpaired) electrons. The van der Waals surface area contributed by atoms with Crippen molar-refractivity contribution in [1.29, 1.82) is 0 Å². The molecule has 140 valence electrons. The quantitative estimate of drug-likeness (QED) is 0.824. The lowest BCUT2D eigenvalue weighted by atomic mass is 9.97. The summed E-state index contributed by atoms with van der Waals surface area (Å²) in [5.74, 6) is -0.0433. The van der Waals surface area contributed by atoms with Crippen LogP contribution < -0.4 is 11.1 Å². The van der Waals surface area contributed by atoms with Crippen molar-refractivity contribution in [3.8, 4) is 11.5 Å². The smallest absolute Gasteiger partial charge is 0.275 e. The van der Waals surface area contributed by atoms with E-state index in [0.717, 1.165) is 18.4 Å². The van der Waals surface area contributed by atoms with Gasteiger partial charge < -0.3 is 20.4 Å². The molecule has 7 nitrogen and oxygen atoms in total. The summed E-state index contributed by atoms with van der Waals surface area (Å²) in [5.41, 5.74) is 6.49. The lowest BCUT2D eigenvalue weighted by Crippen LogP contribution is -2.46. The lowest BCUT2D eigenvalue weighted by Gasteiger charge is -2.31. The van der Waals surface area contributed by atoms with Crippen LogP contribution in [0.5, 0.6) is 0 Å². The Bertz CT molecular complexity index is 735. The summed E-state index contributed by atoms with van der Waals surface area (Å²) in [4.78, 5) is 30.8. The van der Waals surface area contributed by atoms with E-state index in [9.17, 15) is 9.59 Å². The molecule has 2 aromatic rings. The van der Waals surface area contributed by atoms with Gasteiger partial charge in [-0.2, -0.15) is 0 Å². The molecule has 1 saturated heterocycles. The summed E-state index contributed by atoms with van der Waals surface area (Å²) < 4.78 is 5.44. The number of halogens is 1. The first-order chi connectivity index (χ1) is 12.2. The Morgan fingerprint density at radius 3 is 2.81 bits per heavy atom. The third kappa shape index (κ3) is 4.62. The molecule has 3 N–H and O–H groups in total. The van der Waals surface area contributed by atoms with Gasteiger partial charge in [-0.3, -0.25) is 9.59 Å². The molecule has 2 amide bonds. The van der Waals surface area contributed by atoms with Crippen LogP contribution in [0.4, 0.5) is 0 Å². The molecule has 1 fully saturated rings. The molecule has 1 aliphatic heterocycles. The van der Waals surface area contributed by atoms with Gasteiger partial charge in [-0.15, -0.1) is 12.4 Å². The SMILES string of the molecule is Cl.NCCNC(=O)C1CCCN(C(=O)c2coc(-c3ccccc3)n2)C1. The minimum atomic E-state index is -0.206. The number of nitrogens with one attached hydrogen (secondary N) is 1. The topological polar surface area (TPSA) is 101 Å². The maximum atomic E-state index is 12.7. The second-order valence-electron chi connectivity index (χ2n) is 6.07. The molecular weight excluding hydrogens is 356 g/mol. The van der Waals surface area contributed by atoms with Crippen molar-refractivity contribution in [2.45, 2.75) is 12.8 Å². The standard InChI is InChI=1S/C18H22N4O3.ClH/c19-8-9-20-16(23)14-7-4-10-22(11-14)18(24)15-12-25-17(21-15)13-5-2-1-3-6-13;/h1-3,5-6,12,14H,4,7-11,19H2,(H,20,23);1H. The molecule has 3 rings (SSSR count). The predicted octanol–water partition coefficient (Wildman–Crippen LogP) is 1.69. The fourth-order valence-electron chi connectivity index (χ4n) is 2.96. The number of nitrogens with two attached hydrogens (primary N) is 1. The summed E-state index contributed by atoms with van der Waals surface area (Å²) in [5, 5.41) is 2.79. The van der Waals surface area contributed by atoms with Crippen molar-refractivity contribution < 1.29 is 14.0 Å². The van der Waals surface area contributed by atoms with E-state index in [1.165, 1.54) is 6.26 Å². The zero-order valence-corrected chi connectivity index (χ0v) is 15.2. The van der Waals surface area contributed by atoms with Gasteiger partial charge in [-0.05, 0) is 25.0 Å². The normalized spacial score (nSPS) is 16.7. The van der Waals surface area contributed by atoms with Crippen molar-refractivity contribution in [1.82, 2.24) is 15.2 Å². The van der Waals surface area contributed by atoms with Gasteiger partial charge in [0.15, 0.2) is 5.69 Å². The number of nitrogens with zero attached hydrogens (tertiary/aromatic N) is 2. The average Bonchev–Trinajstić information content (AvgIpc) is 3.16. The third-order valence-electron chi connectivity index (χ3n) is 4.27. The fraction of sp³-hybridized carbons (Fsp3) is 0.389. The predicted molar refractivity (Wildman–Crippen MR) is 99.9 cm³/mol. The Hall–Kier alpha value is -2.38. The first-order valence-electron chi connectivity index (χ1n) is 8.47. The number of amides is 2. The molecule has 8 heteroatoms. The van der Waals surface area contributed by atoms with Crippen molar-refractivity contribution in [3.05, 3.63) is 42.3 Å². The summed E-state index contributed by atoms with van der Waals surface area (Å²) in [6.45, 7) is 1.87. The van der Waals surface area contributed by atoms with Gasteiger partial charge >= 0.3 is 0 Å². The zero-order valence-electron chi connectivity index (χ0n) is 14.4. The highest BCUT2D eigenvalue weighted by Crippen LogP contribution is 2.21. The molecule has 0 bridgehead atoms. The van der Waals surface area contributed by atoms with Crippen molar-refractivity contribution in [2.24, 2.45) is 11.7 Å². The molecule has 1 aromatic heterocycles. The second-order valence-corrected chi connectivity index (χ2v) is 6.07. The third-order valence-corrected chi connectivity index (χ3v) is 4.27. The highest BCUT2D eigenvalue weighted by Gasteiger charge is 2.30. The van der Waals surface area contributed by atoms with Crippen molar-refractivity contribution in [2.75, 3.05) is 26.2 Å². The van der Waals surface area contributed by atoms with E-state index in [4.69, 9.17) is 10.2 Å². The van der Waals surface area contributed by atoms with Crippen LogP contribution in [0, 0.1) is 5.92 Å². The van der Waals surface area contributed by atoms with E-state index in [-0.39, 0.29) is 35.8 Å². The molecule has 0 aliphatic carbocycles. The Balaban J connectivity index is 0.00000243. The monoisotopic (exact) mass is 378 g/mol. The van der Waals surface area contributed by atoms with E-state index in [1.54, 1.807) is 4.90 Å². The van der Waals surface area contributed by atoms with Gasteiger partial charge in [-0.25, -0.2) is 4.98 Å². The van der Waals surface area contributed by atoms with Gasteiger partial charge in [0.2, 0.25) is 11.8 Å². The summed E-state index contributed by atoms with van der Waals surface area (Å²) >= 11 is 0. The van der Waals surface area contributed by atoms with Gasteiger partial charge in [0.25, 0.3) is 5.91 Å². The van der Waals surface area contributed by atoms with E-state index in [0.29, 0.717) is 32.1 Å². The molecule has 1 aromatic carbocycles. The van der Waals surface area contributed by atoms with Crippen molar-refractivity contribution in [3.63, 3.8) is 0 Å². The minimum Gasteiger partial charge on any atom is -0.444 e. The largest absolute Gasteiger partial charge is 0.444 e. The molecule has 2 heterocycles. The van der Waals surface area contributed by atoms with E-state index in [1.807, 2.05) is 30.3 Å². The Kier molecular flexibility index (Phi) is 7.17. The second kappa shape index (κ2) is 9.35. The number of likely N-dealkylation sites (tertiary alicyclic amines) is 1. The molecule has 1 unspecified atom stereocenters. The Morgan fingerprint density at radius 2 is 2.08 bits per heavy atom. The van der Waals surface area contributed by atoms with Crippen LogP contribution in [0.3, 0.4) is 0 Å². The molecule has 1 aliphatic rings. The maximum Gasteiger partial charge on any atom is 0.275 e. The van der Waals surface area contributed by atoms with Crippen LogP contribution in [-0.4, -0.2) is 47.9 Å². The summed E-state index contributed by atoms with van der Waals surface area (Å²) in [7, 11) is 0. The minimum absolute atomic E-state index is 0. The number of hydrogen-bond acceptors (Lipinski definition) is 5. The van der Waals surface area contributed by atoms with Gasteiger partial charge in [-0.1, -0.05) is 18.2 Å². The van der Waals surface area contributed by atoms with E-state index >= 15 is 0 Å². The number of carbonyl (C=O) groups is 2. The Morgan fingerprint density at radius 1 is 1.31 bits per heavy atom. The van der Waals surface area contributed by atoms with E-state index < -0.39 is 0 Å². The zero-order chi connectivity index (χ0) is 17.6. The highest BCUT2D eigenvalue weighted by molar-refractivity contribution is 5.93. The van der Waals surface area contributed by atoms with Crippen LogP contribution >= 0.6 is 12.4 Å². The number of piperidine rings is 1. The van der Waals surface area contributed by atoms with Crippen molar-refractivity contribution >= 4 is 24.2 Å². The first kappa shape index (κ1) is 19.9. The molecule has 1 atom stereocenters. The van der Waals surface area contributed by atoms with Crippen LogP contribution in [0.25, 0.3) is 11.5 Å². The molecule has 0 spiro atoms. The highest BCUT2D eigenvalue weighted by atomic mass is 35.5. The first-order valence-corrected chi connectivity index (χ1v) is 8.47. The van der Waals surface area contributed by atoms with Gasteiger partial charge in [0.1, 0.15) is 6.26 Å². The number of aromatic nitrogens is 1. The van der Waals surface area contributed by atoms with Crippen LogP contribution in [0.2, 0.25) is 0 Å². The number of carbonyl (C=O) groups excluding carboxylic acids is 2. The number of oxazole rings is 1. The summed E-state index contributed by atoms with van der Waals surface area (Å²) in [6.07, 6.45) is 2.94. The Labute approximate surface area is 158 Å². The van der Waals surface area contributed by atoms with Gasteiger partial charge in [0, 0.05) is 31.7 Å². The maximum absolute atomic E-state index is 12.7. The van der Waals surface area contributed by atoms with Gasteiger partial charge in [0.05, 0.1) is 5.92 Å². The molecular formula is C18H23ClN4O3. The average molecular weight is 379 g/mol. The molecule has 26 heavy (non-hydrogen) atoms. The van der Waals surface area contributed by atoms with Crippen LogP contribution in [-0.2, 0) is 4.79 Å². The molecule has 0 saturated carbocycles. The fourth-order valence-corrected chi connectivity index (χ4v) is 2.96. The summed E-state index contributed by atoms with van der Waals surface area (Å²) in [6, 6.07) is 9.42. The van der Waals surface area contributed by atoms with E-state index in [2.05, 4.69) is 10.3 Å². The van der Waals surface area contributed by atoms with Crippen LogP contribution in [0.1, 0.15) is 23.3 Å². The number of hydrogen-bond donors (Lipinski definition) is 2. The number of benzene rings is 1. The lowest BCUT2D eigenvalue weighted by molar-refractivity contribution is -0.126. The number of rotatable bonds is 5. The van der Waals surface area contributed by atoms with Crippen LogP contribution in [0.15, 0.2) is 41.0 Å².